The van der Waals surface area contributed by atoms with Crippen LogP contribution in [-0.4, -0.2) is 23.8 Å². The monoisotopic (exact) mass is 184 g/mol. The van der Waals surface area contributed by atoms with Gasteiger partial charge in [-0.05, 0) is 32.1 Å². The molecule has 0 saturated carbocycles. The van der Waals surface area contributed by atoms with Crippen molar-refractivity contribution in [2.24, 2.45) is 0 Å². The molecule has 0 spiro atoms. The molecule has 0 aromatic heterocycles. The number of carboxylic acid groups (broad SMARTS) is 1. The summed E-state index contributed by atoms with van der Waals surface area (Å²) in [5.74, 6) is -0.877. The standard InChI is InChI=1S/C10H16O3/c11-10(12)8-13-9-6-4-2-1-3-5-7-9/h1-2,9H,3-8H2,(H,11,12)/b2-1+/t9-/m1/s1. The molecular formula is C10H16O3. The van der Waals surface area contributed by atoms with Crippen LogP contribution in [0.1, 0.15) is 32.1 Å². The lowest BCUT2D eigenvalue weighted by molar-refractivity contribution is -0.144. The van der Waals surface area contributed by atoms with Crippen LogP contribution in [0.5, 0.6) is 0 Å². The number of carbonyl (C=O) groups is 1. The number of carboxylic acids is 1. The van der Waals surface area contributed by atoms with E-state index in [2.05, 4.69) is 12.2 Å². The average Bonchev–Trinajstić information content (AvgIpc) is 2.01. The van der Waals surface area contributed by atoms with Crippen molar-refractivity contribution in [3.05, 3.63) is 12.2 Å². The van der Waals surface area contributed by atoms with Crippen molar-refractivity contribution in [3.8, 4) is 0 Å². The summed E-state index contributed by atoms with van der Waals surface area (Å²) in [5, 5.41) is 8.43. The topological polar surface area (TPSA) is 46.5 Å². The summed E-state index contributed by atoms with van der Waals surface area (Å²) in [6, 6.07) is 0. The van der Waals surface area contributed by atoms with Gasteiger partial charge >= 0.3 is 5.97 Å². The second-order valence-corrected chi connectivity index (χ2v) is 3.31. The predicted octanol–water partition coefficient (Wildman–Crippen LogP) is 1.98. The molecule has 1 atom stereocenters. The summed E-state index contributed by atoms with van der Waals surface area (Å²) < 4.78 is 5.25. The summed E-state index contributed by atoms with van der Waals surface area (Å²) >= 11 is 0. The van der Waals surface area contributed by atoms with E-state index in [0.29, 0.717) is 0 Å². The minimum atomic E-state index is -0.877. The van der Waals surface area contributed by atoms with E-state index in [1.807, 2.05) is 0 Å². The van der Waals surface area contributed by atoms with Gasteiger partial charge in [0.15, 0.2) is 0 Å². The molecule has 3 nitrogen and oxygen atoms in total. The van der Waals surface area contributed by atoms with Crippen LogP contribution < -0.4 is 0 Å². The maximum absolute atomic E-state index is 10.3. The van der Waals surface area contributed by atoms with Gasteiger partial charge in [0, 0.05) is 0 Å². The molecule has 0 aromatic carbocycles. The first-order valence-electron chi connectivity index (χ1n) is 4.77. The second kappa shape index (κ2) is 5.75. The third kappa shape index (κ3) is 4.68. The van der Waals surface area contributed by atoms with E-state index >= 15 is 0 Å². The van der Waals surface area contributed by atoms with Gasteiger partial charge in [-0.25, -0.2) is 4.79 Å². The number of aliphatic carboxylic acids is 1. The number of rotatable bonds is 3. The van der Waals surface area contributed by atoms with Gasteiger partial charge in [0.25, 0.3) is 0 Å². The van der Waals surface area contributed by atoms with Gasteiger partial charge < -0.3 is 9.84 Å². The Balaban J connectivity index is 2.23. The molecule has 1 rings (SSSR count). The van der Waals surface area contributed by atoms with Crippen LogP contribution in [0.2, 0.25) is 0 Å². The predicted molar refractivity (Wildman–Crippen MR) is 49.6 cm³/mol. The van der Waals surface area contributed by atoms with Crippen molar-refractivity contribution < 1.29 is 14.6 Å². The maximum atomic E-state index is 10.3. The molecule has 1 aliphatic rings. The summed E-state index contributed by atoms with van der Waals surface area (Å²) in [6.45, 7) is -0.158. The molecule has 13 heavy (non-hydrogen) atoms. The highest BCUT2D eigenvalue weighted by atomic mass is 16.5. The van der Waals surface area contributed by atoms with E-state index < -0.39 is 5.97 Å². The zero-order valence-corrected chi connectivity index (χ0v) is 7.74. The van der Waals surface area contributed by atoms with E-state index in [-0.39, 0.29) is 12.7 Å². The van der Waals surface area contributed by atoms with E-state index in [4.69, 9.17) is 9.84 Å². The van der Waals surface area contributed by atoms with Gasteiger partial charge in [0.2, 0.25) is 0 Å². The highest BCUT2D eigenvalue weighted by molar-refractivity contribution is 5.68. The molecule has 0 heterocycles. The Morgan fingerprint density at radius 2 is 2.15 bits per heavy atom. The molecule has 0 amide bonds. The van der Waals surface area contributed by atoms with Gasteiger partial charge in [0.1, 0.15) is 6.61 Å². The Kier molecular flexibility index (Phi) is 4.54. The van der Waals surface area contributed by atoms with E-state index in [1.165, 1.54) is 0 Å². The Bertz CT molecular complexity index is 187. The lowest BCUT2D eigenvalue weighted by Crippen LogP contribution is -2.18. The van der Waals surface area contributed by atoms with Crippen molar-refractivity contribution in [3.63, 3.8) is 0 Å². The summed E-state index contributed by atoms with van der Waals surface area (Å²) in [4.78, 5) is 10.3. The minimum Gasteiger partial charge on any atom is -0.480 e. The first-order valence-corrected chi connectivity index (χ1v) is 4.77. The zero-order chi connectivity index (χ0) is 9.52. The first kappa shape index (κ1) is 10.3. The molecule has 0 unspecified atom stereocenters. The van der Waals surface area contributed by atoms with Gasteiger partial charge in [-0.1, -0.05) is 12.2 Å². The molecule has 74 valence electrons. The molecule has 0 aliphatic heterocycles. The molecular weight excluding hydrogens is 168 g/mol. The van der Waals surface area contributed by atoms with Crippen molar-refractivity contribution in [1.29, 1.82) is 0 Å². The van der Waals surface area contributed by atoms with Crippen LogP contribution in [-0.2, 0) is 9.53 Å². The zero-order valence-electron chi connectivity index (χ0n) is 7.74. The van der Waals surface area contributed by atoms with Gasteiger partial charge in [0.05, 0.1) is 6.10 Å². The smallest absolute Gasteiger partial charge is 0.329 e. The van der Waals surface area contributed by atoms with E-state index in [1.54, 1.807) is 0 Å². The fourth-order valence-electron chi connectivity index (χ4n) is 1.48. The number of hydrogen-bond donors (Lipinski definition) is 1. The van der Waals surface area contributed by atoms with Crippen LogP contribution in [0.3, 0.4) is 0 Å². The largest absolute Gasteiger partial charge is 0.480 e. The van der Waals surface area contributed by atoms with Gasteiger partial charge in [-0.3, -0.25) is 0 Å². The first-order chi connectivity index (χ1) is 6.29. The third-order valence-corrected chi connectivity index (χ3v) is 2.16. The molecule has 1 aliphatic carbocycles. The fraction of sp³-hybridized carbons (Fsp3) is 0.700. The van der Waals surface area contributed by atoms with Crippen molar-refractivity contribution in [2.75, 3.05) is 6.61 Å². The lowest BCUT2D eigenvalue weighted by atomic mass is 10.0. The maximum Gasteiger partial charge on any atom is 0.329 e. The van der Waals surface area contributed by atoms with Crippen LogP contribution in [0.4, 0.5) is 0 Å². The van der Waals surface area contributed by atoms with Gasteiger partial charge in [-0.15, -0.1) is 0 Å². The van der Waals surface area contributed by atoms with Crippen LogP contribution in [0.15, 0.2) is 12.2 Å². The van der Waals surface area contributed by atoms with Crippen molar-refractivity contribution >= 4 is 5.97 Å². The fourth-order valence-corrected chi connectivity index (χ4v) is 1.48. The Morgan fingerprint density at radius 1 is 1.38 bits per heavy atom. The number of ether oxygens (including phenoxy) is 1. The molecule has 0 aromatic rings. The number of allylic oxidation sites excluding steroid dienone is 2. The summed E-state index contributed by atoms with van der Waals surface area (Å²) in [7, 11) is 0. The highest BCUT2D eigenvalue weighted by Gasteiger charge is 2.10. The third-order valence-electron chi connectivity index (χ3n) is 2.16. The average molecular weight is 184 g/mol. The van der Waals surface area contributed by atoms with Crippen molar-refractivity contribution in [2.45, 2.75) is 38.2 Å². The second-order valence-electron chi connectivity index (χ2n) is 3.31. The molecule has 0 saturated heterocycles. The van der Waals surface area contributed by atoms with Crippen molar-refractivity contribution in [1.82, 2.24) is 0 Å². The molecule has 0 fully saturated rings. The molecule has 0 bridgehead atoms. The summed E-state index contributed by atoms with van der Waals surface area (Å²) in [5.41, 5.74) is 0. The Hall–Kier alpha value is -0.830. The highest BCUT2D eigenvalue weighted by Crippen LogP contribution is 2.14. The Morgan fingerprint density at radius 3 is 2.92 bits per heavy atom. The normalized spacial score (nSPS) is 26.0. The molecule has 1 N–H and O–H groups in total. The summed E-state index contributed by atoms with van der Waals surface area (Å²) in [6.07, 6.45) is 9.60. The van der Waals surface area contributed by atoms with Crippen LogP contribution >= 0.6 is 0 Å². The lowest BCUT2D eigenvalue weighted by Gasteiger charge is -2.16. The quantitative estimate of drug-likeness (QED) is 0.682. The van der Waals surface area contributed by atoms with Crippen LogP contribution in [0.25, 0.3) is 0 Å². The van der Waals surface area contributed by atoms with Gasteiger partial charge in [-0.2, -0.15) is 0 Å². The molecule has 0 radical (unpaired) electrons. The Labute approximate surface area is 78.4 Å². The van der Waals surface area contributed by atoms with E-state index in [9.17, 15) is 4.79 Å². The van der Waals surface area contributed by atoms with Crippen LogP contribution in [0, 0.1) is 0 Å². The SMILES string of the molecule is O=C(O)CO[C@@H]1CC/C=C/CCC1. The van der Waals surface area contributed by atoms with E-state index in [0.717, 1.165) is 32.1 Å². The minimum absolute atomic E-state index is 0.140. The molecule has 3 heteroatoms. The number of hydrogen-bond acceptors (Lipinski definition) is 2.